The third-order valence-electron chi connectivity index (χ3n) is 2.44. The molecule has 0 saturated carbocycles. The summed E-state index contributed by atoms with van der Waals surface area (Å²) in [4.78, 5) is 11.8. The first kappa shape index (κ1) is 15.0. The highest BCUT2D eigenvalue weighted by molar-refractivity contribution is 6.35. The SMILES string of the molecule is O=C(CNc1cc(Cl)cc(Cl)c1)Nc1ccc(Cl)cc1. The monoisotopic (exact) mass is 328 g/mol. The van der Waals surface area contributed by atoms with Gasteiger partial charge in [-0.15, -0.1) is 0 Å². The number of benzene rings is 2. The molecule has 0 spiro atoms. The summed E-state index contributed by atoms with van der Waals surface area (Å²) in [6.07, 6.45) is 0. The lowest BCUT2D eigenvalue weighted by atomic mass is 10.3. The molecule has 0 aliphatic carbocycles. The average Bonchev–Trinajstić information content (AvgIpc) is 2.38. The summed E-state index contributed by atoms with van der Waals surface area (Å²) in [7, 11) is 0. The van der Waals surface area contributed by atoms with Crippen molar-refractivity contribution in [2.75, 3.05) is 17.2 Å². The van der Waals surface area contributed by atoms with E-state index in [1.165, 1.54) is 0 Å². The van der Waals surface area contributed by atoms with Gasteiger partial charge in [-0.25, -0.2) is 0 Å². The van der Waals surface area contributed by atoms with E-state index in [4.69, 9.17) is 34.8 Å². The highest BCUT2D eigenvalue weighted by atomic mass is 35.5. The number of rotatable bonds is 4. The molecule has 0 aliphatic heterocycles. The first-order valence-electron chi connectivity index (χ1n) is 5.78. The molecule has 6 heteroatoms. The second kappa shape index (κ2) is 6.84. The zero-order valence-corrected chi connectivity index (χ0v) is 12.6. The van der Waals surface area contributed by atoms with E-state index in [0.717, 1.165) is 0 Å². The van der Waals surface area contributed by atoms with Crippen molar-refractivity contribution in [3.63, 3.8) is 0 Å². The minimum absolute atomic E-state index is 0.110. The largest absolute Gasteiger partial charge is 0.376 e. The van der Waals surface area contributed by atoms with Crippen molar-refractivity contribution in [3.8, 4) is 0 Å². The van der Waals surface area contributed by atoms with Crippen molar-refractivity contribution in [2.45, 2.75) is 0 Å². The Morgan fingerprint density at radius 1 is 0.850 bits per heavy atom. The molecule has 2 N–H and O–H groups in total. The van der Waals surface area contributed by atoms with Gasteiger partial charge in [0.15, 0.2) is 0 Å². The zero-order valence-electron chi connectivity index (χ0n) is 10.3. The fraction of sp³-hybridized carbons (Fsp3) is 0.0714. The Kier molecular flexibility index (Phi) is 5.12. The van der Waals surface area contributed by atoms with Crippen LogP contribution in [0.15, 0.2) is 42.5 Å². The Labute approximate surface area is 131 Å². The van der Waals surface area contributed by atoms with E-state index in [-0.39, 0.29) is 12.5 Å². The number of hydrogen-bond donors (Lipinski definition) is 2. The molecule has 1 amide bonds. The Morgan fingerprint density at radius 3 is 2.05 bits per heavy atom. The van der Waals surface area contributed by atoms with Gasteiger partial charge in [0.1, 0.15) is 0 Å². The van der Waals surface area contributed by atoms with E-state index >= 15 is 0 Å². The highest BCUT2D eigenvalue weighted by Crippen LogP contribution is 2.22. The predicted octanol–water partition coefficient (Wildman–Crippen LogP) is 4.70. The third kappa shape index (κ3) is 4.60. The van der Waals surface area contributed by atoms with Gasteiger partial charge in [0.2, 0.25) is 5.91 Å². The fourth-order valence-electron chi connectivity index (χ4n) is 1.58. The standard InChI is InChI=1S/C14H11Cl3N2O/c15-9-1-3-12(4-2-9)19-14(20)8-18-13-6-10(16)5-11(17)7-13/h1-7,18H,8H2,(H,19,20). The number of carbonyl (C=O) groups excluding carboxylic acids is 1. The Hall–Kier alpha value is -1.42. The summed E-state index contributed by atoms with van der Waals surface area (Å²) in [6, 6.07) is 11.9. The molecule has 2 rings (SSSR count). The minimum atomic E-state index is -0.177. The van der Waals surface area contributed by atoms with Crippen LogP contribution in [0.4, 0.5) is 11.4 Å². The molecule has 0 aliphatic rings. The van der Waals surface area contributed by atoms with Gasteiger partial charge >= 0.3 is 0 Å². The van der Waals surface area contributed by atoms with Gasteiger partial charge in [-0.05, 0) is 42.5 Å². The summed E-state index contributed by atoms with van der Waals surface area (Å²) in [5.41, 5.74) is 1.37. The van der Waals surface area contributed by atoms with Crippen LogP contribution in [0.1, 0.15) is 0 Å². The number of amides is 1. The van der Waals surface area contributed by atoms with Crippen LogP contribution in [-0.4, -0.2) is 12.5 Å². The Bertz CT molecular complexity index is 594. The first-order valence-corrected chi connectivity index (χ1v) is 6.92. The number of anilines is 2. The summed E-state index contributed by atoms with van der Waals surface area (Å²) in [5.74, 6) is -0.177. The van der Waals surface area contributed by atoms with Crippen LogP contribution in [0.3, 0.4) is 0 Å². The minimum Gasteiger partial charge on any atom is -0.376 e. The average molecular weight is 330 g/mol. The van der Waals surface area contributed by atoms with Crippen LogP contribution in [0.2, 0.25) is 15.1 Å². The van der Waals surface area contributed by atoms with Crippen LogP contribution in [0, 0.1) is 0 Å². The van der Waals surface area contributed by atoms with Gasteiger partial charge in [0, 0.05) is 26.4 Å². The smallest absolute Gasteiger partial charge is 0.243 e. The lowest BCUT2D eigenvalue weighted by Gasteiger charge is -2.08. The van der Waals surface area contributed by atoms with E-state index in [2.05, 4.69) is 10.6 Å². The van der Waals surface area contributed by atoms with Crippen molar-refractivity contribution < 1.29 is 4.79 Å². The van der Waals surface area contributed by atoms with E-state index in [1.54, 1.807) is 42.5 Å². The predicted molar refractivity (Wildman–Crippen MR) is 85.0 cm³/mol. The molecule has 104 valence electrons. The molecule has 3 nitrogen and oxygen atoms in total. The van der Waals surface area contributed by atoms with Crippen molar-refractivity contribution in [1.82, 2.24) is 0 Å². The van der Waals surface area contributed by atoms with Gasteiger partial charge in [-0.1, -0.05) is 34.8 Å². The van der Waals surface area contributed by atoms with E-state index in [0.29, 0.717) is 26.4 Å². The van der Waals surface area contributed by atoms with E-state index < -0.39 is 0 Å². The maximum atomic E-state index is 11.8. The number of nitrogens with one attached hydrogen (secondary N) is 2. The molecule has 0 saturated heterocycles. The van der Waals surface area contributed by atoms with Crippen LogP contribution < -0.4 is 10.6 Å². The quantitative estimate of drug-likeness (QED) is 0.854. The van der Waals surface area contributed by atoms with Crippen molar-refractivity contribution in [1.29, 1.82) is 0 Å². The molecule has 0 fully saturated rings. The normalized spacial score (nSPS) is 10.2. The molecule has 0 aromatic heterocycles. The van der Waals surface area contributed by atoms with Gasteiger partial charge < -0.3 is 10.6 Å². The topological polar surface area (TPSA) is 41.1 Å². The highest BCUT2D eigenvalue weighted by Gasteiger charge is 2.03. The van der Waals surface area contributed by atoms with Crippen molar-refractivity contribution in [2.24, 2.45) is 0 Å². The van der Waals surface area contributed by atoms with E-state index in [9.17, 15) is 4.79 Å². The maximum absolute atomic E-state index is 11.8. The molecule has 2 aromatic carbocycles. The summed E-state index contributed by atoms with van der Waals surface area (Å²) in [5, 5.41) is 7.34. The first-order chi connectivity index (χ1) is 9.52. The van der Waals surface area contributed by atoms with E-state index in [1.807, 2.05) is 0 Å². The van der Waals surface area contributed by atoms with Crippen LogP contribution in [0.25, 0.3) is 0 Å². The van der Waals surface area contributed by atoms with Crippen LogP contribution in [-0.2, 0) is 4.79 Å². The van der Waals surface area contributed by atoms with Crippen molar-refractivity contribution in [3.05, 3.63) is 57.5 Å². The Morgan fingerprint density at radius 2 is 1.45 bits per heavy atom. The number of carbonyl (C=O) groups is 1. The molecule has 0 atom stereocenters. The molecule has 0 radical (unpaired) electrons. The Balaban J connectivity index is 1.90. The molecule has 0 unspecified atom stereocenters. The lowest BCUT2D eigenvalue weighted by Crippen LogP contribution is -2.21. The molecule has 2 aromatic rings. The number of hydrogen-bond acceptors (Lipinski definition) is 2. The summed E-state index contributed by atoms with van der Waals surface area (Å²) >= 11 is 17.5. The lowest BCUT2D eigenvalue weighted by molar-refractivity contribution is -0.114. The maximum Gasteiger partial charge on any atom is 0.243 e. The molecule has 20 heavy (non-hydrogen) atoms. The van der Waals surface area contributed by atoms with Gasteiger partial charge in [-0.3, -0.25) is 4.79 Å². The summed E-state index contributed by atoms with van der Waals surface area (Å²) < 4.78 is 0. The van der Waals surface area contributed by atoms with Crippen LogP contribution >= 0.6 is 34.8 Å². The van der Waals surface area contributed by atoms with Crippen LogP contribution in [0.5, 0.6) is 0 Å². The molecular weight excluding hydrogens is 319 g/mol. The molecular formula is C14H11Cl3N2O. The van der Waals surface area contributed by atoms with Gasteiger partial charge in [0.05, 0.1) is 6.54 Å². The molecule has 0 bridgehead atoms. The fourth-order valence-corrected chi connectivity index (χ4v) is 2.23. The molecule has 0 heterocycles. The van der Waals surface area contributed by atoms with Gasteiger partial charge in [-0.2, -0.15) is 0 Å². The second-order valence-corrected chi connectivity index (χ2v) is 5.38. The third-order valence-corrected chi connectivity index (χ3v) is 3.13. The zero-order chi connectivity index (χ0) is 14.5. The van der Waals surface area contributed by atoms with Crippen molar-refractivity contribution >= 4 is 52.1 Å². The van der Waals surface area contributed by atoms with Gasteiger partial charge in [0.25, 0.3) is 0 Å². The second-order valence-electron chi connectivity index (χ2n) is 4.07. The number of halogens is 3. The summed E-state index contributed by atoms with van der Waals surface area (Å²) in [6.45, 7) is 0.110.